The van der Waals surface area contributed by atoms with Crippen LogP contribution in [-0.2, 0) is 10.0 Å². The Hall–Kier alpha value is -1.44. The molecular formula is C15H13BrN2O2S2. The minimum atomic E-state index is -3.62. The van der Waals surface area contributed by atoms with E-state index >= 15 is 0 Å². The van der Waals surface area contributed by atoms with Crippen molar-refractivity contribution in [2.24, 2.45) is 0 Å². The van der Waals surface area contributed by atoms with Crippen LogP contribution < -0.4 is 4.72 Å². The summed E-state index contributed by atoms with van der Waals surface area (Å²) in [5, 5.41) is 0.956. The second kappa shape index (κ2) is 5.64. The van der Waals surface area contributed by atoms with Crippen molar-refractivity contribution in [3.05, 3.63) is 51.4 Å². The Kier molecular flexibility index (Phi) is 3.96. The highest BCUT2D eigenvalue weighted by atomic mass is 79.9. The summed E-state index contributed by atoms with van der Waals surface area (Å²) in [6.45, 7) is 3.70. The molecule has 0 aliphatic heterocycles. The Morgan fingerprint density at radius 1 is 1.14 bits per heavy atom. The number of nitrogens with one attached hydrogen (secondary N) is 1. The predicted octanol–water partition coefficient (Wildman–Crippen LogP) is 4.48. The van der Waals surface area contributed by atoms with Gasteiger partial charge in [-0.05, 0) is 49.7 Å². The average molecular weight is 397 g/mol. The lowest BCUT2D eigenvalue weighted by Crippen LogP contribution is -2.14. The first kappa shape index (κ1) is 15.5. The van der Waals surface area contributed by atoms with E-state index in [1.165, 1.54) is 0 Å². The van der Waals surface area contributed by atoms with Crippen molar-refractivity contribution < 1.29 is 8.42 Å². The van der Waals surface area contributed by atoms with E-state index in [4.69, 9.17) is 0 Å². The van der Waals surface area contributed by atoms with Gasteiger partial charge in [0.25, 0.3) is 10.0 Å². The van der Waals surface area contributed by atoms with E-state index < -0.39 is 10.0 Å². The van der Waals surface area contributed by atoms with E-state index in [9.17, 15) is 8.42 Å². The van der Waals surface area contributed by atoms with E-state index in [0.29, 0.717) is 11.3 Å². The van der Waals surface area contributed by atoms with Crippen LogP contribution in [0.3, 0.4) is 0 Å². The van der Waals surface area contributed by atoms with Crippen molar-refractivity contribution in [2.75, 3.05) is 4.72 Å². The predicted molar refractivity (Wildman–Crippen MR) is 94.0 cm³/mol. The number of rotatable bonds is 3. The zero-order valence-electron chi connectivity index (χ0n) is 11.9. The van der Waals surface area contributed by atoms with Gasteiger partial charge in [0.05, 0.1) is 25.8 Å². The highest BCUT2D eigenvalue weighted by Gasteiger charge is 2.17. The number of nitrogens with zero attached hydrogens (tertiary/aromatic N) is 1. The quantitative estimate of drug-likeness (QED) is 0.709. The fourth-order valence-electron chi connectivity index (χ4n) is 2.18. The van der Waals surface area contributed by atoms with E-state index in [0.717, 1.165) is 19.7 Å². The molecule has 7 heteroatoms. The highest BCUT2D eigenvalue weighted by molar-refractivity contribution is 9.10. The Morgan fingerprint density at radius 3 is 2.68 bits per heavy atom. The van der Waals surface area contributed by atoms with Crippen molar-refractivity contribution in [1.82, 2.24) is 4.98 Å². The van der Waals surface area contributed by atoms with Gasteiger partial charge in [-0.25, -0.2) is 13.4 Å². The van der Waals surface area contributed by atoms with Gasteiger partial charge in [-0.15, -0.1) is 11.3 Å². The third kappa shape index (κ3) is 3.02. The summed E-state index contributed by atoms with van der Waals surface area (Å²) in [5.74, 6) is 0. The molecule has 0 radical (unpaired) electrons. The number of fused-ring (bicyclic) bond motifs is 1. The van der Waals surface area contributed by atoms with Crippen LogP contribution in [0.4, 0.5) is 5.69 Å². The number of aryl methyl sites for hydroxylation is 2. The number of benzene rings is 2. The van der Waals surface area contributed by atoms with Gasteiger partial charge in [0, 0.05) is 4.47 Å². The van der Waals surface area contributed by atoms with Gasteiger partial charge in [0.15, 0.2) is 0 Å². The van der Waals surface area contributed by atoms with Crippen LogP contribution in [0.25, 0.3) is 10.2 Å². The van der Waals surface area contributed by atoms with Crippen LogP contribution >= 0.6 is 27.3 Å². The summed E-state index contributed by atoms with van der Waals surface area (Å²) in [6.07, 6.45) is 0. The SMILES string of the molecule is Cc1nc2ccc(NS(=O)(=O)c3cc(Br)ccc3C)cc2s1. The van der Waals surface area contributed by atoms with Crippen molar-refractivity contribution in [2.45, 2.75) is 18.7 Å². The lowest BCUT2D eigenvalue weighted by molar-refractivity contribution is 0.600. The summed E-state index contributed by atoms with van der Waals surface area (Å²) in [5.41, 5.74) is 2.12. The molecule has 0 fully saturated rings. The summed E-state index contributed by atoms with van der Waals surface area (Å²) >= 11 is 4.85. The summed E-state index contributed by atoms with van der Waals surface area (Å²) < 4.78 is 29.5. The molecule has 3 aromatic rings. The van der Waals surface area contributed by atoms with Gasteiger partial charge in [-0.1, -0.05) is 22.0 Å². The first-order valence-electron chi connectivity index (χ1n) is 6.51. The molecule has 1 heterocycles. The number of sulfonamides is 1. The Balaban J connectivity index is 2.00. The van der Waals surface area contributed by atoms with Gasteiger partial charge in [0.2, 0.25) is 0 Å². The molecule has 2 aromatic carbocycles. The molecule has 0 aliphatic rings. The second-order valence-electron chi connectivity index (χ2n) is 4.93. The topological polar surface area (TPSA) is 59.1 Å². The largest absolute Gasteiger partial charge is 0.280 e. The van der Waals surface area contributed by atoms with E-state index in [1.54, 1.807) is 36.5 Å². The van der Waals surface area contributed by atoms with Crippen LogP contribution in [0.15, 0.2) is 45.8 Å². The molecule has 3 rings (SSSR count). The number of hydrogen-bond acceptors (Lipinski definition) is 4. The first-order valence-corrected chi connectivity index (χ1v) is 9.60. The monoisotopic (exact) mass is 396 g/mol. The third-order valence-corrected chi connectivity index (χ3v) is 6.14. The zero-order chi connectivity index (χ0) is 15.9. The smallest absolute Gasteiger partial charge is 0.262 e. The molecule has 1 aromatic heterocycles. The minimum absolute atomic E-state index is 0.266. The maximum atomic E-state index is 12.6. The van der Waals surface area contributed by atoms with Gasteiger partial charge in [-0.3, -0.25) is 4.72 Å². The summed E-state index contributed by atoms with van der Waals surface area (Å²) in [7, 11) is -3.62. The Labute approximate surface area is 141 Å². The Morgan fingerprint density at radius 2 is 1.91 bits per heavy atom. The molecule has 0 spiro atoms. The third-order valence-electron chi connectivity index (χ3n) is 3.19. The number of aromatic nitrogens is 1. The van der Waals surface area contributed by atoms with Crippen LogP contribution in [-0.4, -0.2) is 13.4 Å². The molecule has 0 aliphatic carbocycles. The number of anilines is 1. The molecule has 22 heavy (non-hydrogen) atoms. The molecule has 114 valence electrons. The first-order chi connectivity index (χ1) is 10.3. The van der Waals surface area contributed by atoms with E-state index in [2.05, 4.69) is 25.6 Å². The van der Waals surface area contributed by atoms with Crippen LogP contribution in [0.5, 0.6) is 0 Å². The molecule has 0 saturated carbocycles. The standard InChI is InChI=1S/C15H13BrN2O2S2/c1-9-3-4-11(16)7-15(9)22(19,20)18-12-5-6-13-14(8-12)21-10(2)17-13/h3-8,18H,1-2H3. The van der Waals surface area contributed by atoms with Crippen LogP contribution in [0, 0.1) is 13.8 Å². The molecule has 4 nitrogen and oxygen atoms in total. The lowest BCUT2D eigenvalue weighted by atomic mass is 10.2. The average Bonchev–Trinajstić information content (AvgIpc) is 2.80. The van der Waals surface area contributed by atoms with Gasteiger partial charge in [-0.2, -0.15) is 0 Å². The number of halogens is 1. The summed E-state index contributed by atoms with van der Waals surface area (Å²) in [4.78, 5) is 4.64. The van der Waals surface area contributed by atoms with Crippen molar-refractivity contribution in [3.63, 3.8) is 0 Å². The van der Waals surface area contributed by atoms with Crippen molar-refractivity contribution in [1.29, 1.82) is 0 Å². The zero-order valence-corrected chi connectivity index (χ0v) is 15.1. The van der Waals surface area contributed by atoms with E-state index in [-0.39, 0.29) is 4.90 Å². The molecule has 1 N–H and O–H groups in total. The van der Waals surface area contributed by atoms with Gasteiger partial charge in [0.1, 0.15) is 0 Å². The molecule has 0 atom stereocenters. The number of hydrogen-bond donors (Lipinski definition) is 1. The normalized spacial score (nSPS) is 11.8. The minimum Gasteiger partial charge on any atom is -0.280 e. The molecule has 0 bridgehead atoms. The maximum absolute atomic E-state index is 12.6. The molecule has 0 saturated heterocycles. The second-order valence-corrected chi connectivity index (χ2v) is 8.73. The van der Waals surface area contributed by atoms with Gasteiger partial charge < -0.3 is 0 Å². The molecular weight excluding hydrogens is 384 g/mol. The molecule has 0 unspecified atom stereocenters. The fraction of sp³-hybridized carbons (Fsp3) is 0.133. The van der Waals surface area contributed by atoms with Crippen molar-refractivity contribution in [3.8, 4) is 0 Å². The van der Waals surface area contributed by atoms with Crippen LogP contribution in [0.2, 0.25) is 0 Å². The maximum Gasteiger partial charge on any atom is 0.262 e. The summed E-state index contributed by atoms with van der Waals surface area (Å²) in [6, 6.07) is 10.6. The lowest BCUT2D eigenvalue weighted by Gasteiger charge is -2.10. The molecule has 0 amide bonds. The van der Waals surface area contributed by atoms with Gasteiger partial charge >= 0.3 is 0 Å². The Bertz CT molecular complexity index is 965. The van der Waals surface area contributed by atoms with Crippen molar-refractivity contribution >= 4 is 53.2 Å². The fourth-order valence-corrected chi connectivity index (χ4v) is 4.88. The number of thiazole rings is 1. The highest BCUT2D eigenvalue weighted by Crippen LogP contribution is 2.27. The van der Waals surface area contributed by atoms with E-state index in [1.807, 2.05) is 25.1 Å². The van der Waals surface area contributed by atoms with Crippen LogP contribution in [0.1, 0.15) is 10.6 Å².